The lowest BCUT2D eigenvalue weighted by Crippen LogP contribution is -2.53. The molecule has 0 spiro atoms. The lowest BCUT2D eigenvalue weighted by molar-refractivity contribution is -0.102. The van der Waals surface area contributed by atoms with Gasteiger partial charge < -0.3 is 9.47 Å². The van der Waals surface area contributed by atoms with Gasteiger partial charge in [0.25, 0.3) is 0 Å². The van der Waals surface area contributed by atoms with Crippen LogP contribution in [0.25, 0.3) is 0 Å². The summed E-state index contributed by atoms with van der Waals surface area (Å²) >= 11 is 0. The highest BCUT2D eigenvalue weighted by Crippen LogP contribution is 2.46. The van der Waals surface area contributed by atoms with Gasteiger partial charge in [-0.25, -0.2) is 5.43 Å². The maximum Gasteiger partial charge on any atom is 0.161 e. The van der Waals surface area contributed by atoms with Gasteiger partial charge in [-0.15, -0.1) is 0 Å². The molecule has 1 aromatic heterocycles. The SMILES string of the molecule is COc1cnn(C)c1C(NN)C1(OC)CCC1. The van der Waals surface area contributed by atoms with Crippen LogP contribution in [0.15, 0.2) is 6.20 Å². The number of nitrogens with one attached hydrogen (secondary N) is 1. The topological polar surface area (TPSA) is 74.3 Å². The molecule has 2 rings (SSSR count). The first-order valence-electron chi connectivity index (χ1n) is 5.75. The Hall–Kier alpha value is -1.11. The Labute approximate surface area is 101 Å². The second kappa shape index (κ2) is 4.64. The van der Waals surface area contributed by atoms with Crippen LogP contribution in [0.2, 0.25) is 0 Å². The fourth-order valence-corrected chi connectivity index (χ4v) is 2.53. The number of hydrogen-bond donors (Lipinski definition) is 2. The maximum atomic E-state index is 5.70. The van der Waals surface area contributed by atoms with Gasteiger partial charge in [0.05, 0.1) is 24.9 Å². The van der Waals surface area contributed by atoms with E-state index in [1.807, 2.05) is 7.05 Å². The average Bonchev–Trinajstić information content (AvgIpc) is 2.65. The Morgan fingerprint density at radius 2 is 2.24 bits per heavy atom. The predicted molar refractivity (Wildman–Crippen MR) is 63.4 cm³/mol. The van der Waals surface area contributed by atoms with Crippen molar-refractivity contribution in [2.24, 2.45) is 12.9 Å². The summed E-state index contributed by atoms with van der Waals surface area (Å²) in [4.78, 5) is 0. The molecule has 1 aromatic rings. The molecule has 1 saturated carbocycles. The first-order chi connectivity index (χ1) is 8.18. The molecule has 1 fully saturated rings. The molecule has 0 radical (unpaired) electrons. The van der Waals surface area contributed by atoms with Crippen molar-refractivity contribution in [2.45, 2.75) is 30.9 Å². The summed E-state index contributed by atoms with van der Waals surface area (Å²) in [6.07, 6.45) is 4.84. The quantitative estimate of drug-likeness (QED) is 0.579. The Kier molecular flexibility index (Phi) is 3.37. The Bertz CT molecular complexity index is 381. The van der Waals surface area contributed by atoms with Crippen molar-refractivity contribution in [2.75, 3.05) is 14.2 Å². The van der Waals surface area contributed by atoms with Crippen molar-refractivity contribution in [3.8, 4) is 5.75 Å². The van der Waals surface area contributed by atoms with Crippen molar-refractivity contribution >= 4 is 0 Å². The maximum absolute atomic E-state index is 5.70. The molecular weight excluding hydrogens is 220 g/mol. The molecule has 1 aliphatic rings. The number of nitrogens with two attached hydrogens (primary N) is 1. The van der Waals surface area contributed by atoms with Gasteiger partial charge in [-0.2, -0.15) is 5.10 Å². The van der Waals surface area contributed by atoms with E-state index in [1.54, 1.807) is 25.1 Å². The van der Waals surface area contributed by atoms with Crippen molar-refractivity contribution < 1.29 is 9.47 Å². The molecule has 1 aliphatic carbocycles. The van der Waals surface area contributed by atoms with Crippen LogP contribution in [0.5, 0.6) is 5.75 Å². The molecule has 6 heteroatoms. The van der Waals surface area contributed by atoms with Gasteiger partial charge >= 0.3 is 0 Å². The van der Waals surface area contributed by atoms with Gasteiger partial charge in [0.2, 0.25) is 0 Å². The zero-order chi connectivity index (χ0) is 12.5. The van der Waals surface area contributed by atoms with Crippen LogP contribution in [0.4, 0.5) is 0 Å². The van der Waals surface area contributed by atoms with Crippen molar-refractivity contribution in [3.63, 3.8) is 0 Å². The van der Waals surface area contributed by atoms with E-state index in [0.717, 1.165) is 30.7 Å². The number of ether oxygens (including phenoxy) is 2. The number of rotatable bonds is 5. The smallest absolute Gasteiger partial charge is 0.161 e. The van der Waals surface area contributed by atoms with E-state index in [4.69, 9.17) is 15.3 Å². The number of nitrogens with zero attached hydrogens (tertiary/aromatic N) is 2. The fourth-order valence-electron chi connectivity index (χ4n) is 2.53. The third-order valence-corrected chi connectivity index (χ3v) is 3.74. The number of aryl methyl sites for hydroxylation is 1. The molecule has 1 heterocycles. The Morgan fingerprint density at radius 3 is 2.65 bits per heavy atom. The number of hydrogen-bond acceptors (Lipinski definition) is 5. The van der Waals surface area contributed by atoms with Crippen LogP contribution in [0.1, 0.15) is 31.0 Å². The number of aromatic nitrogens is 2. The summed E-state index contributed by atoms with van der Waals surface area (Å²) in [5.74, 6) is 6.44. The largest absolute Gasteiger partial charge is 0.493 e. The third-order valence-electron chi connectivity index (χ3n) is 3.74. The van der Waals surface area contributed by atoms with Crippen LogP contribution in [-0.2, 0) is 11.8 Å². The summed E-state index contributed by atoms with van der Waals surface area (Å²) in [7, 11) is 5.24. The first kappa shape index (κ1) is 12.3. The number of methoxy groups -OCH3 is 2. The van der Waals surface area contributed by atoms with E-state index in [2.05, 4.69) is 10.5 Å². The highest BCUT2D eigenvalue weighted by atomic mass is 16.5. The van der Waals surface area contributed by atoms with Gasteiger partial charge in [-0.1, -0.05) is 0 Å². The average molecular weight is 240 g/mol. The van der Waals surface area contributed by atoms with Crippen LogP contribution < -0.4 is 16.0 Å². The van der Waals surface area contributed by atoms with E-state index in [1.165, 1.54) is 0 Å². The molecule has 1 unspecified atom stereocenters. The molecule has 0 aromatic carbocycles. The van der Waals surface area contributed by atoms with Crippen LogP contribution in [0.3, 0.4) is 0 Å². The molecule has 1 atom stereocenters. The van der Waals surface area contributed by atoms with Gasteiger partial charge in [0.1, 0.15) is 5.69 Å². The summed E-state index contributed by atoms with van der Waals surface area (Å²) in [6, 6.07) is -0.108. The summed E-state index contributed by atoms with van der Waals surface area (Å²) in [5, 5.41) is 4.20. The second-order valence-electron chi connectivity index (χ2n) is 4.44. The molecule has 0 bridgehead atoms. The van der Waals surface area contributed by atoms with E-state index in [9.17, 15) is 0 Å². The van der Waals surface area contributed by atoms with E-state index in [-0.39, 0.29) is 11.6 Å². The summed E-state index contributed by atoms with van der Waals surface area (Å²) < 4.78 is 12.8. The summed E-state index contributed by atoms with van der Waals surface area (Å²) in [6.45, 7) is 0. The van der Waals surface area contributed by atoms with E-state index in [0.29, 0.717) is 0 Å². The highest BCUT2D eigenvalue weighted by molar-refractivity contribution is 5.31. The normalized spacial score (nSPS) is 19.8. The highest BCUT2D eigenvalue weighted by Gasteiger charge is 2.47. The van der Waals surface area contributed by atoms with Crippen LogP contribution in [-0.4, -0.2) is 29.6 Å². The van der Waals surface area contributed by atoms with E-state index >= 15 is 0 Å². The standard InChI is InChI=1S/C11H20N4O2/c1-15-9(8(16-2)7-13-15)10(14-12)11(17-3)5-4-6-11/h7,10,14H,4-6,12H2,1-3H3. The predicted octanol–water partition coefficient (Wildman–Crippen LogP) is 0.502. The molecular formula is C11H20N4O2. The van der Waals surface area contributed by atoms with Crippen molar-refractivity contribution in [1.29, 1.82) is 0 Å². The third kappa shape index (κ3) is 1.82. The molecule has 0 amide bonds. The second-order valence-corrected chi connectivity index (χ2v) is 4.44. The Balaban J connectivity index is 2.37. The van der Waals surface area contributed by atoms with Gasteiger partial charge in [-0.05, 0) is 19.3 Å². The monoisotopic (exact) mass is 240 g/mol. The molecule has 96 valence electrons. The molecule has 0 aliphatic heterocycles. The van der Waals surface area contributed by atoms with Gasteiger partial charge in [-0.3, -0.25) is 10.5 Å². The van der Waals surface area contributed by atoms with Crippen molar-refractivity contribution in [3.05, 3.63) is 11.9 Å². The minimum Gasteiger partial charge on any atom is -0.493 e. The molecule has 3 N–H and O–H groups in total. The van der Waals surface area contributed by atoms with Crippen LogP contribution in [0, 0.1) is 0 Å². The number of hydrazine groups is 1. The fraction of sp³-hybridized carbons (Fsp3) is 0.727. The minimum absolute atomic E-state index is 0.108. The van der Waals surface area contributed by atoms with Crippen molar-refractivity contribution in [1.82, 2.24) is 15.2 Å². The minimum atomic E-state index is -0.240. The molecule has 0 saturated heterocycles. The summed E-state index contributed by atoms with van der Waals surface area (Å²) in [5.41, 5.74) is 3.53. The van der Waals surface area contributed by atoms with E-state index < -0.39 is 0 Å². The Morgan fingerprint density at radius 1 is 1.53 bits per heavy atom. The van der Waals surface area contributed by atoms with Gasteiger partial charge in [0, 0.05) is 14.2 Å². The van der Waals surface area contributed by atoms with Crippen LogP contribution >= 0.6 is 0 Å². The lowest BCUT2D eigenvalue weighted by Gasteiger charge is -2.46. The zero-order valence-corrected chi connectivity index (χ0v) is 10.6. The zero-order valence-electron chi connectivity index (χ0n) is 10.6. The van der Waals surface area contributed by atoms with Gasteiger partial charge in [0.15, 0.2) is 5.75 Å². The lowest BCUT2D eigenvalue weighted by atomic mass is 9.73. The first-order valence-corrected chi connectivity index (χ1v) is 5.75. The molecule has 17 heavy (non-hydrogen) atoms. The molecule has 6 nitrogen and oxygen atoms in total.